The predicted octanol–water partition coefficient (Wildman–Crippen LogP) is 2.51. The van der Waals surface area contributed by atoms with Crippen LogP contribution in [0.25, 0.3) is 0 Å². The maximum Gasteiger partial charge on any atom is 0.321 e. The Morgan fingerprint density at radius 1 is 1.14 bits per heavy atom. The van der Waals surface area contributed by atoms with E-state index in [1.165, 1.54) is 13.3 Å². The number of imide groups is 1. The summed E-state index contributed by atoms with van der Waals surface area (Å²) in [5.41, 5.74) is -0.203. The SMILES string of the molecule is C[C@H](OC(=O)CC(C)(C)C)C(=O)NC(=O)NC1CCCCC1. The van der Waals surface area contributed by atoms with Crippen molar-refractivity contribution in [3.05, 3.63) is 0 Å². The molecule has 0 spiro atoms. The Hall–Kier alpha value is -1.59. The van der Waals surface area contributed by atoms with Gasteiger partial charge in [-0.15, -0.1) is 0 Å². The summed E-state index contributed by atoms with van der Waals surface area (Å²) in [6.07, 6.45) is 4.51. The number of hydrogen-bond donors (Lipinski definition) is 2. The van der Waals surface area contributed by atoms with Crippen LogP contribution in [0.2, 0.25) is 0 Å². The van der Waals surface area contributed by atoms with E-state index in [9.17, 15) is 14.4 Å². The molecule has 0 aromatic rings. The summed E-state index contributed by atoms with van der Waals surface area (Å²) in [5.74, 6) is -1.04. The second kappa shape index (κ2) is 8.15. The normalized spacial score (nSPS) is 17.5. The third-order valence-electron chi connectivity index (χ3n) is 3.53. The minimum atomic E-state index is -0.980. The topological polar surface area (TPSA) is 84.5 Å². The van der Waals surface area contributed by atoms with Crippen LogP contribution in [0.5, 0.6) is 0 Å². The zero-order chi connectivity index (χ0) is 16.8. The van der Waals surface area contributed by atoms with E-state index in [-0.39, 0.29) is 17.9 Å². The van der Waals surface area contributed by atoms with E-state index in [1.807, 2.05) is 20.8 Å². The van der Waals surface area contributed by atoms with Crippen LogP contribution in [0.4, 0.5) is 4.79 Å². The van der Waals surface area contributed by atoms with Crippen molar-refractivity contribution in [2.45, 2.75) is 78.4 Å². The van der Waals surface area contributed by atoms with Crippen LogP contribution < -0.4 is 10.6 Å². The van der Waals surface area contributed by atoms with Gasteiger partial charge in [-0.2, -0.15) is 0 Å². The number of carbonyl (C=O) groups is 3. The summed E-state index contributed by atoms with van der Waals surface area (Å²) >= 11 is 0. The van der Waals surface area contributed by atoms with E-state index in [1.54, 1.807) is 0 Å². The number of esters is 1. The molecule has 1 aliphatic rings. The highest BCUT2D eigenvalue weighted by molar-refractivity contribution is 5.97. The first-order valence-electron chi connectivity index (χ1n) is 7.98. The first-order chi connectivity index (χ1) is 10.2. The van der Waals surface area contributed by atoms with Gasteiger partial charge in [0.25, 0.3) is 5.91 Å². The molecule has 3 amide bonds. The van der Waals surface area contributed by atoms with Gasteiger partial charge >= 0.3 is 12.0 Å². The Morgan fingerprint density at radius 3 is 2.27 bits per heavy atom. The molecule has 1 aliphatic carbocycles. The summed E-state index contributed by atoms with van der Waals surface area (Å²) in [6.45, 7) is 7.20. The highest BCUT2D eigenvalue weighted by Crippen LogP contribution is 2.19. The Bertz CT molecular complexity index is 409. The highest BCUT2D eigenvalue weighted by atomic mass is 16.5. The van der Waals surface area contributed by atoms with Crippen LogP contribution in [0, 0.1) is 5.41 Å². The van der Waals surface area contributed by atoms with Crippen molar-refractivity contribution in [3.8, 4) is 0 Å². The van der Waals surface area contributed by atoms with Crippen LogP contribution in [0.15, 0.2) is 0 Å². The molecule has 2 N–H and O–H groups in total. The molecule has 0 aliphatic heterocycles. The number of nitrogens with one attached hydrogen (secondary N) is 2. The molecular weight excluding hydrogens is 284 g/mol. The fourth-order valence-corrected chi connectivity index (χ4v) is 2.41. The van der Waals surface area contributed by atoms with E-state index < -0.39 is 24.0 Å². The molecule has 6 heteroatoms. The first kappa shape index (κ1) is 18.5. The molecule has 0 saturated heterocycles. The summed E-state index contributed by atoms with van der Waals surface area (Å²) in [7, 11) is 0. The second-order valence-corrected chi connectivity index (χ2v) is 7.17. The molecule has 6 nitrogen and oxygen atoms in total. The largest absolute Gasteiger partial charge is 0.453 e. The van der Waals surface area contributed by atoms with E-state index in [0.29, 0.717) is 0 Å². The monoisotopic (exact) mass is 312 g/mol. The number of hydrogen-bond acceptors (Lipinski definition) is 4. The molecule has 126 valence electrons. The van der Waals surface area contributed by atoms with Gasteiger partial charge in [-0.25, -0.2) is 4.79 Å². The fourth-order valence-electron chi connectivity index (χ4n) is 2.41. The lowest BCUT2D eigenvalue weighted by Crippen LogP contribution is -2.48. The summed E-state index contributed by atoms with van der Waals surface area (Å²) < 4.78 is 5.05. The molecule has 1 atom stereocenters. The van der Waals surface area contributed by atoms with Gasteiger partial charge in [0.2, 0.25) is 0 Å². The average Bonchev–Trinajstić information content (AvgIpc) is 2.37. The summed E-state index contributed by atoms with van der Waals surface area (Å²) in [6, 6.07) is -0.393. The van der Waals surface area contributed by atoms with Gasteiger partial charge in [0.1, 0.15) is 0 Å². The van der Waals surface area contributed by atoms with Crippen molar-refractivity contribution in [2.24, 2.45) is 5.41 Å². The lowest BCUT2D eigenvalue weighted by Gasteiger charge is -2.23. The number of urea groups is 1. The minimum Gasteiger partial charge on any atom is -0.453 e. The second-order valence-electron chi connectivity index (χ2n) is 7.17. The van der Waals surface area contributed by atoms with Crippen LogP contribution in [-0.2, 0) is 14.3 Å². The lowest BCUT2D eigenvalue weighted by molar-refractivity contribution is -0.156. The molecule has 0 bridgehead atoms. The van der Waals surface area contributed by atoms with Crippen molar-refractivity contribution >= 4 is 17.9 Å². The van der Waals surface area contributed by atoms with Crippen molar-refractivity contribution in [1.29, 1.82) is 0 Å². The summed E-state index contributed by atoms with van der Waals surface area (Å²) in [5, 5.41) is 5.01. The highest BCUT2D eigenvalue weighted by Gasteiger charge is 2.24. The molecule has 0 heterocycles. The van der Waals surface area contributed by atoms with Crippen molar-refractivity contribution in [3.63, 3.8) is 0 Å². The Morgan fingerprint density at radius 2 is 1.73 bits per heavy atom. The van der Waals surface area contributed by atoms with Gasteiger partial charge in [-0.1, -0.05) is 40.0 Å². The Labute approximate surface area is 132 Å². The van der Waals surface area contributed by atoms with Gasteiger partial charge in [0, 0.05) is 6.04 Å². The molecule has 22 heavy (non-hydrogen) atoms. The minimum absolute atomic E-state index is 0.125. The molecule has 1 fully saturated rings. The molecule has 0 aromatic heterocycles. The maximum atomic E-state index is 11.8. The fraction of sp³-hybridized carbons (Fsp3) is 0.812. The molecule has 0 aromatic carbocycles. The Balaban J connectivity index is 2.33. The number of amides is 3. The van der Waals surface area contributed by atoms with Gasteiger partial charge in [0.15, 0.2) is 6.10 Å². The smallest absolute Gasteiger partial charge is 0.321 e. The molecule has 0 unspecified atom stereocenters. The third-order valence-corrected chi connectivity index (χ3v) is 3.53. The van der Waals surface area contributed by atoms with Crippen molar-refractivity contribution in [2.75, 3.05) is 0 Å². The zero-order valence-electron chi connectivity index (χ0n) is 14.0. The summed E-state index contributed by atoms with van der Waals surface area (Å²) in [4.78, 5) is 35.3. The number of ether oxygens (including phenoxy) is 1. The van der Waals surface area contributed by atoms with E-state index in [4.69, 9.17) is 4.74 Å². The van der Waals surface area contributed by atoms with Crippen LogP contribution >= 0.6 is 0 Å². The third kappa shape index (κ3) is 7.43. The van der Waals surface area contributed by atoms with Crippen LogP contribution in [0.1, 0.15) is 66.2 Å². The quantitative estimate of drug-likeness (QED) is 0.781. The lowest BCUT2D eigenvalue weighted by atomic mass is 9.92. The van der Waals surface area contributed by atoms with Gasteiger partial charge in [0.05, 0.1) is 6.42 Å². The number of carbonyl (C=O) groups excluding carboxylic acids is 3. The van der Waals surface area contributed by atoms with Crippen molar-refractivity contribution in [1.82, 2.24) is 10.6 Å². The van der Waals surface area contributed by atoms with E-state index in [2.05, 4.69) is 10.6 Å². The van der Waals surface area contributed by atoms with Crippen molar-refractivity contribution < 1.29 is 19.1 Å². The average molecular weight is 312 g/mol. The predicted molar refractivity (Wildman–Crippen MR) is 83.2 cm³/mol. The molecular formula is C16H28N2O4. The zero-order valence-corrected chi connectivity index (χ0v) is 14.0. The first-order valence-corrected chi connectivity index (χ1v) is 7.98. The van der Waals surface area contributed by atoms with Gasteiger partial charge in [-0.3, -0.25) is 14.9 Å². The Kier molecular flexibility index (Phi) is 6.84. The van der Waals surface area contributed by atoms with Crippen LogP contribution in [-0.4, -0.2) is 30.1 Å². The molecule has 1 saturated carbocycles. The molecule has 1 rings (SSSR count). The van der Waals surface area contributed by atoms with Gasteiger partial charge < -0.3 is 10.1 Å². The van der Waals surface area contributed by atoms with E-state index >= 15 is 0 Å². The molecule has 0 radical (unpaired) electrons. The number of rotatable bonds is 4. The standard InChI is InChI=1S/C16H28N2O4/c1-11(22-13(19)10-16(2,3)4)14(20)18-15(21)17-12-8-6-5-7-9-12/h11-12H,5-10H2,1-4H3,(H2,17,18,20,21)/t11-/m0/s1. The van der Waals surface area contributed by atoms with Gasteiger partial charge in [-0.05, 0) is 25.2 Å². The van der Waals surface area contributed by atoms with E-state index in [0.717, 1.165) is 25.7 Å². The maximum absolute atomic E-state index is 11.8. The van der Waals surface area contributed by atoms with Crippen LogP contribution in [0.3, 0.4) is 0 Å².